The van der Waals surface area contributed by atoms with Gasteiger partial charge in [0.1, 0.15) is 11.6 Å². The van der Waals surface area contributed by atoms with Gasteiger partial charge in [-0.3, -0.25) is 9.69 Å². The molecule has 3 aromatic carbocycles. The van der Waals surface area contributed by atoms with Crippen molar-refractivity contribution in [3.8, 4) is 6.07 Å². The van der Waals surface area contributed by atoms with Crippen LogP contribution in [0.4, 0.5) is 10.1 Å². The third-order valence-electron chi connectivity index (χ3n) is 7.94. The average Bonchev–Trinajstić information content (AvgIpc) is 2.90. The molecule has 2 aliphatic rings. The number of thioether (sulfide) groups is 1. The van der Waals surface area contributed by atoms with Crippen LogP contribution >= 0.6 is 27.7 Å². The van der Waals surface area contributed by atoms with E-state index in [1.54, 1.807) is 17.0 Å². The minimum absolute atomic E-state index is 0.0241. The number of aryl methyl sites for hydroxylation is 2. The number of anilines is 1. The van der Waals surface area contributed by atoms with E-state index in [9.17, 15) is 10.1 Å². The van der Waals surface area contributed by atoms with Crippen LogP contribution in [0.1, 0.15) is 60.4 Å². The van der Waals surface area contributed by atoms with Crippen molar-refractivity contribution in [2.24, 2.45) is 11.1 Å². The summed E-state index contributed by atoms with van der Waals surface area (Å²) >= 11 is 5.16. The van der Waals surface area contributed by atoms with E-state index in [1.165, 1.54) is 17.2 Å². The number of halogens is 2. The van der Waals surface area contributed by atoms with Crippen molar-refractivity contribution in [2.75, 3.05) is 4.90 Å². The van der Waals surface area contributed by atoms with Crippen molar-refractivity contribution in [1.29, 1.82) is 5.26 Å². The number of allylic oxidation sites excluding steroid dienone is 3. The van der Waals surface area contributed by atoms with Crippen LogP contribution in [-0.2, 0) is 16.3 Å². The van der Waals surface area contributed by atoms with Gasteiger partial charge in [-0.1, -0.05) is 72.2 Å². The molecule has 41 heavy (non-hydrogen) atoms. The fraction of sp³-hybridized carbons (Fsp3) is 0.294. The van der Waals surface area contributed by atoms with Crippen molar-refractivity contribution in [3.05, 3.63) is 121 Å². The topological polar surface area (TPSA) is 70.1 Å². The summed E-state index contributed by atoms with van der Waals surface area (Å²) in [5.41, 5.74) is 13.6. The second-order valence-corrected chi connectivity index (χ2v) is 13.6. The first kappa shape index (κ1) is 29.2. The Hall–Kier alpha value is -3.34. The lowest BCUT2D eigenvalue weighted by molar-refractivity contribution is -0.118. The Morgan fingerprint density at radius 1 is 1.07 bits per heavy atom. The largest absolute Gasteiger partial charge is 0.384 e. The first-order valence-corrected chi connectivity index (χ1v) is 15.6. The highest BCUT2D eigenvalue weighted by Gasteiger charge is 2.45. The highest BCUT2D eigenvalue weighted by Crippen LogP contribution is 2.51. The van der Waals surface area contributed by atoms with Crippen molar-refractivity contribution in [1.82, 2.24) is 0 Å². The summed E-state index contributed by atoms with van der Waals surface area (Å²) in [6.45, 7) is 8.20. The third-order valence-corrected chi connectivity index (χ3v) is 9.48. The number of benzene rings is 3. The Labute approximate surface area is 254 Å². The maximum atomic E-state index is 15.4. The van der Waals surface area contributed by atoms with E-state index in [4.69, 9.17) is 5.73 Å². The smallest absolute Gasteiger partial charge is 0.162 e. The molecule has 1 heterocycles. The van der Waals surface area contributed by atoms with Gasteiger partial charge in [0.25, 0.3) is 0 Å². The molecule has 3 aromatic rings. The zero-order chi connectivity index (χ0) is 29.5. The fourth-order valence-corrected chi connectivity index (χ4v) is 7.39. The lowest BCUT2D eigenvalue weighted by Gasteiger charge is -2.44. The van der Waals surface area contributed by atoms with Crippen molar-refractivity contribution in [3.63, 3.8) is 0 Å². The molecule has 0 radical (unpaired) electrons. The van der Waals surface area contributed by atoms with Crippen molar-refractivity contribution >= 4 is 39.2 Å². The van der Waals surface area contributed by atoms with Crippen LogP contribution in [0.2, 0.25) is 0 Å². The van der Waals surface area contributed by atoms with Crippen LogP contribution in [0.25, 0.3) is 0 Å². The number of nitrogens with two attached hydrogens (primary N) is 1. The highest BCUT2D eigenvalue weighted by atomic mass is 79.9. The van der Waals surface area contributed by atoms with Gasteiger partial charge in [0, 0.05) is 33.7 Å². The molecule has 4 nitrogen and oxygen atoms in total. The lowest BCUT2D eigenvalue weighted by atomic mass is 9.68. The van der Waals surface area contributed by atoms with Gasteiger partial charge in [-0.2, -0.15) is 17.0 Å². The zero-order valence-corrected chi connectivity index (χ0v) is 26.1. The normalized spacial score (nSPS) is 18.4. The van der Waals surface area contributed by atoms with E-state index in [0.29, 0.717) is 28.6 Å². The number of Topliss-reactive ketones (excluding diaryl/α,β-unsaturated/α-hetero) is 1. The number of carbonyl (C=O) groups excluding carboxylic acids is 1. The Morgan fingerprint density at radius 2 is 1.80 bits per heavy atom. The predicted octanol–water partition coefficient (Wildman–Crippen LogP) is 8.58. The van der Waals surface area contributed by atoms with E-state index in [1.807, 2.05) is 50.7 Å². The van der Waals surface area contributed by atoms with Crippen LogP contribution in [0.15, 0.2) is 87.8 Å². The summed E-state index contributed by atoms with van der Waals surface area (Å²) in [5.74, 6) is 0.744. The summed E-state index contributed by atoms with van der Waals surface area (Å²) in [6.07, 6.45) is 0.881. The molecular weight excluding hydrogens is 597 g/mol. The van der Waals surface area contributed by atoms with Gasteiger partial charge < -0.3 is 5.73 Å². The first-order valence-electron chi connectivity index (χ1n) is 13.6. The van der Waals surface area contributed by atoms with Gasteiger partial charge in [0.05, 0.1) is 23.2 Å². The minimum atomic E-state index is -0.605. The molecule has 0 saturated carbocycles. The minimum Gasteiger partial charge on any atom is -0.384 e. The molecule has 2 N–H and O–H groups in total. The van der Waals surface area contributed by atoms with Crippen molar-refractivity contribution < 1.29 is 9.18 Å². The monoisotopic (exact) mass is 629 g/mol. The van der Waals surface area contributed by atoms with Gasteiger partial charge in [-0.25, -0.2) is 4.39 Å². The molecule has 7 heteroatoms. The Morgan fingerprint density at radius 3 is 2.49 bits per heavy atom. The maximum Gasteiger partial charge on any atom is 0.162 e. The number of rotatable bonds is 6. The van der Waals surface area contributed by atoms with Gasteiger partial charge in [0.15, 0.2) is 5.78 Å². The molecular formula is C34H33BrFN3OS. The standard InChI is InChI=1S/C34H33BrFN3OS/c1-20-12-21(2)25(13-23(20)19-41-18-22-8-6-5-7-9-22)31-26(17-37)33(38)39(28-11-10-24(35)14-27(28)36)29-15-34(3,4)16-30(40)32(29)31/h5-14,31H,15-16,18-19,38H2,1-4H3. The molecule has 0 amide bonds. The number of ketones is 1. The Bertz CT molecular complexity index is 1640. The second kappa shape index (κ2) is 11.5. The number of carbonyl (C=O) groups is 1. The molecule has 1 aliphatic carbocycles. The SMILES string of the molecule is Cc1cc(C)c(C2C(C#N)=C(N)N(c3ccc(Br)cc3F)C3=C2C(=O)CC(C)(C)C3)cc1CSCc1ccccc1. The summed E-state index contributed by atoms with van der Waals surface area (Å²) in [6, 6.07) is 21.7. The molecule has 0 fully saturated rings. The maximum absolute atomic E-state index is 15.4. The molecule has 210 valence electrons. The molecule has 0 aromatic heterocycles. The molecule has 1 unspecified atom stereocenters. The van der Waals surface area contributed by atoms with Gasteiger partial charge >= 0.3 is 0 Å². The summed E-state index contributed by atoms with van der Waals surface area (Å²) in [5, 5.41) is 10.5. The number of hydrogen-bond acceptors (Lipinski definition) is 5. The van der Waals surface area contributed by atoms with Gasteiger partial charge in [0.2, 0.25) is 0 Å². The molecule has 0 bridgehead atoms. The fourth-order valence-electron chi connectivity index (χ4n) is 5.99. The van der Waals surface area contributed by atoms with Gasteiger partial charge in [-0.15, -0.1) is 0 Å². The Kier molecular flexibility index (Phi) is 8.18. The van der Waals surface area contributed by atoms with E-state index in [-0.39, 0.29) is 28.3 Å². The molecule has 0 spiro atoms. The summed E-state index contributed by atoms with van der Waals surface area (Å²) in [4.78, 5) is 15.5. The lowest BCUT2D eigenvalue weighted by Crippen LogP contribution is -2.42. The number of hydrogen-bond donors (Lipinski definition) is 1. The van der Waals surface area contributed by atoms with Gasteiger partial charge in [-0.05, 0) is 71.7 Å². The molecule has 5 rings (SSSR count). The second-order valence-electron chi connectivity index (χ2n) is 11.7. The quantitative estimate of drug-likeness (QED) is 0.296. The Balaban J connectivity index is 1.64. The van der Waals surface area contributed by atoms with E-state index in [2.05, 4.69) is 53.2 Å². The molecule has 1 atom stereocenters. The summed E-state index contributed by atoms with van der Waals surface area (Å²) in [7, 11) is 0. The zero-order valence-electron chi connectivity index (χ0n) is 23.7. The van der Waals surface area contributed by atoms with Crippen LogP contribution in [0.3, 0.4) is 0 Å². The van der Waals surface area contributed by atoms with E-state index < -0.39 is 11.7 Å². The van der Waals surface area contributed by atoms with Crippen LogP contribution in [-0.4, -0.2) is 5.78 Å². The van der Waals surface area contributed by atoms with Crippen LogP contribution in [0.5, 0.6) is 0 Å². The third kappa shape index (κ3) is 5.73. The number of nitrogens with zero attached hydrogens (tertiary/aromatic N) is 2. The van der Waals surface area contributed by atoms with Crippen molar-refractivity contribution in [2.45, 2.75) is 58.0 Å². The van der Waals surface area contributed by atoms with E-state index in [0.717, 1.165) is 28.2 Å². The predicted molar refractivity (Wildman–Crippen MR) is 169 cm³/mol. The molecule has 0 saturated heterocycles. The first-order chi connectivity index (χ1) is 19.5. The van der Waals surface area contributed by atoms with Crippen LogP contribution in [0, 0.1) is 36.4 Å². The number of nitriles is 1. The summed E-state index contributed by atoms with van der Waals surface area (Å²) < 4.78 is 16.0. The molecule has 1 aliphatic heterocycles. The average molecular weight is 631 g/mol. The van der Waals surface area contributed by atoms with Crippen LogP contribution < -0.4 is 10.6 Å². The van der Waals surface area contributed by atoms with E-state index >= 15 is 4.39 Å². The highest BCUT2D eigenvalue weighted by molar-refractivity contribution is 9.10.